The maximum Gasteiger partial charge on any atom is 1.00 e. The first-order valence-corrected chi connectivity index (χ1v) is 31.4. The van der Waals surface area contributed by atoms with Crippen LogP contribution in [0.1, 0.15) is 131 Å². The quantitative estimate of drug-likeness (QED) is 0.0136. The van der Waals surface area contributed by atoms with Crippen LogP contribution < -0.4 is 84.1 Å². The Labute approximate surface area is 637 Å². The van der Waals surface area contributed by atoms with E-state index in [2.05, 4.69) is 35.1 Å². The van der Waals surface area contributed by atoms with Crippen LogP contribution in [-0.2, 0) is 63.9 Å². The second kappa shape index (κ2) is 47.2. The Bertz CT molecular complexity index is 3460. The summed E-state index contributed by atoms with van der Waals surface area (Å²) in [5.74, 6) is -3.91. The number of hydrogen-bond acceptors (Lipinski definition) is 13. The van der Waals surface area contributed by atoms with Crippen LogP contribution in [0.3, 0.4) is 0 Å². The van der Waals surface area contributed by atoms with Gasteiger partial charge in [0.25, 0.3) is 17.7 Å². The topological polar surface area (TPSA) is 340 Å². The van der Waals surface area contributed by atoms with E-state index in [1.54, 1.807) is 98.8 Å². The van der Waals surface area contributed by atoms with Crippen LogP contribution >= 0.6 is 9.90 Å². The molecule has 536 valence electrons. The SMILES string of the molecule is C.C.C.CC(C)C[C@H](N)C(=O)[C@@]1(C)CO1.CC(C)C[C@H](NC(=O)[C@H](Cc1ccccc1)NC(=O)c1ccccc1)C(=O)[C@@]1(C)CO1.N[C@@H](Cc1ccccc1)C(=O)O.O=C(N[C@@H](Cc1ccccc1)C(=O)O)c1ccccc1.O=C(N[C@@H](Cc1ccccc1)C(=O)O)c1ccccc1.P.[H-].[K+]. The molecule has 100 heavy (non-hydrogen) atoms. The Morgan fingerprint density at radius 1 is 0.390 bits per heavy atom. The first kappa shape index (κ1) is 92.1. The minimum absolute atomic E-state index is 0. The van der Waals surface area contributed by atoms with Gasteiger partial charge in [0.05, 0.1) is 25.3 Å². The third-order valence-electron chi connectivity index (χ3n) is 15.0. The summed E-state index contributed by atoms with van der Waals surface area (Å²) >= 11 is 0. The normalized spacial score (nSPS) is 15.8. The van der Waals surface area contributed by atoms with E-state index in [0.717, 1.165) is 28.7 Å². The van der Waals surface area contributed by atoms with Crippen LogP contribution in [0, 0.1) is 11.8 Å². The predicted molar refractivity (Wildman–Crippen MR) is 395 cm³/mol. The number of amides is 4. The predicted octanol–water partition coefficient (Wildman–Crippen LogP) is 7.58. The summed E-state index contributed by atoms with van der Waals surface area (Å²) in [5.41, 5.74) is 14.7. The molecule has 0 saturated carbocycles. The molecule has 22 heteroatoms. The molecule has 2 aliphatic heterocycles. The van der Waals surface area contributed by atoms with Crippen molar-refractivity contribution in [3.8, 4) is 0 Å². The van der Waals surface area contributed by atoms with Crippen molar-refractivity contribution in [3.05, 3.63) is 251 Å². The minimum atomic E-state index is -1.04. The van der Waals surface area contributed by atoms with Gasteiger partial charge in [-0.05, 0) is 104 Å². The van der Waals surface area contributed by atoms with Gasteiger partial charge >= 0.3 is 69.3 Å². The molecule has 4 amide bonds. The van der Waals surface area contributed by atoms with E-state index < -0.39 is 59.3 Å². The Morgan fingerprint density at radius 3 is 0.920 bits per heavy atom. The summed E-state index contributed by atoms with van der Waals surface area (Å²) in [6.45, 7) is 12.6. The second-order valence-electron chi connectivity index (χ2n) is 24.3. The molecular formula is C78H104KN6O14P. The number of carbonyl (C=O) groups is 9. The van der Waals surface area contributed by atoms with Gasteiger partial charge in [-0.25, -0.2) is 9.59 Å². The average Bonchev–Trinajstić information content (AvgIpc) is 1.66. The number of ketones is 2. The molecule has 2 aliphatic rings. The van der Waals surface area contributed by atoms with Crippen LogP contribution in [0.5, 0.6) is 0 Å². The number of nitrogens with two attached hydrogens (primary N) is 2. The first-order valence-electron chi connectivity index (χ1n) is 31.4. The van der Waals surface area contributed by atoms with Gasteiger partial charge in [-0.2, -0.15) is 9.90 Å². The van der Waals surface area contributed by atoms with Crippen molar-refractivity contribution in [1.82, 2.24) is 21.3 Å². The average molecular weight is 1420 g/mol. The molecule has 9 rings (SSSR count). The van der Waals surface area contributed by atoms with E-state index in [0.29, 0.717) is 55.1 Å². The van der Waals surface area contributed by atoms with Crippen LogP contribution in [-0.4, -0.2) is 129 Å². The summed E-state index contributed by atoms with van der Waals surface area (Å²) in [6, 6.07) is 58.7. The number of nitrogens with one attached hydrogen (secondary N) is 4. The Kier molecular flexibility index (Phi) is 43.5. The number of benzene rings is 7. The molecule has 2 fully saturated rings. The van der Waals surface area contributed by atoms with Gasteiger partial charge in [0.2, 0.25) is 5.91 Å². The van der Waals surface area contributed by atoms with Crippen molar-refractivity contribution in [2.24, 2.45) is 23.3 Å². The number of carboxylic acid groups (broad SMARTS) is 3. The molecule has 0 aliphatic carbocycles. The van der Waals surface area contributed by atoms with Crippen LogP contribution in [0.4, 0.5) is 0 Å². The Balaban J connectivity index is 0. The van der Waals surface area contributed by atoms with Crippen molar-refractivity contribution < 1.29 is 121 Å². The molecule has 7 aromatic rings. The monoisotopic (exact) mass is 1420 g/mol. The van der Waals surface area contributed by atoms with Crippen LogP contribution in [0.2, 0.25) is 0 Å². The molecule has 20 nitrogen and oxygen atoms in total. The molecule has 1 unspecified atom stereocenters. The van der Waals surface area contributed by atoms with Crippen molar-refractivity contribution in [2.75, 3.05) is 13.2 Å². The molecule has 11 N–H and O–H groups in total. The van der Waals surface area contributed by atoms with Gasteiger partial charge in [-0.1, -0.05) is 226 Å². The zero-order valence-corrected chi connectivity index (χ0v) is 60.7. The summed E-state index contributed by atoms with van der Waals surface area (Å²) in [7, 11) is 0. The summed E-state index contributed by atoms with van der Waals surface area (Å²) < 4.78 is 10.3. The van der Waals surface area contributed by atoms with E-state index in [4.69, 9.17) is 26.0 Å². The third-order valence-corrected chi connectivity index (χ3v) is 15.0. The fraction of sp³-hybridized carbons (Fsp3) is 0.346. The van der Waals surface area contributed by atoms with Crippen molar-refractivity contribution in [3.63, 3.8) is 0 Å². The maximum absolute atomic E-state index is 13.2. The Morgan fingerprint density at radius 2 is 0.650 bits per heavy atom. The molecule has 0 spiro atoms. The van der Waals surface area contributed by atoms with Crippen LogP contribution in [0.25, 0.3) is 0 Å². The summed E-state index contributed by atoms with van der Waals surface area (Å²) in [5, 5.41) is 37.8. The molecule has 2 saturated heterocycles. The standard InChI is InChI=1S/C25H30N2O4.2C16H15NO3.C9H17NO2.C9H11NO2.3CH4.K.H3P.H/c1-17(2)14-20(22(28)25(3)16-31-25)26-24(30)21(15-18-10-6-4-7-11-18)27-23(29)19-12-8-5-9-13-19;2*18-15(13-9-5-2-6-10-13)17-14(16(19)20)11-12-7-3-1-4-8-12;1-6(2)4-7(10)8(11)9(3)5-12-9;10-8(9(11)12)6-7-4-2-1-3-5-7;;;;;;/h4-13,17,20-21H,14-16H2,1-3H3,(H,26,30)(H,27,29);2*1-10,14H,11H2,(H,17,18)(H,19,20);6-7H,4-5,10H2,1-3H3;1-5,8H,6,10H2,(H,11,12);3*1H4;;1H3;/q;;;;;;;;+1;;-1/t20-,21-,25+;2*14-;7-,9+;8-;;;;;;/m00000....../s1. The Hall–Kier alpha value is -7.92. The van der Waals surface area contributed by atoms with E-state index in [1.165, 1.54) is 0 Å². The maximum atomic E-state index is 13.2. The number of hydrogen-bond donors (Lipinski definition) is 9. The number of rotatable bonds is 27. The van der Waals surface area contributed by atoms with E-state index in [-0.39, 0.29) is 145 Å². The molecule has 0 aromatic heterocycles. The zero-order valence-electron chi connectivity index (χ0n) is 57.2. The second-order valence-corrected chi connectivity index (χ2v) is 24.3. The largest absolute Gasteiger partial charge is 1.00 e. The summed E-state index contributed by atoms with van der Waals surface area (Å²) in [6.07, 6.45) is 2.48. The molecule has 7 aromatic carbocycles. The molecule has 0 radical (unpaired) electrons. The summed E-state index contributed by atoms with van der Waals surface area (Å²) in [4.78, 5) is 107. The van der Waals surface area contributed by atoms with Crippen molar-refractivity contribution in [2.45, 2.75) is 150 Å². The number of ether oxygens (including phenoxy) is 2. The van der Waals surface area contributed by atoms with Gasteiger partial charge in [0, 0.05) is 36.0 Å². The molecule has 9 atom stereocenters. The van der Waals surface area contributed by atoms with Crippen molar-refractivity contribution in [1.29, 1.82) is 0 Å². The van der Waals surface area contributed by atoms with E-state index in [1.807, 2.05) is 141 Å². The van der Waals surface area contributed by atoms with Gasteiger partial charge in [0.15, 0.2) is 11.6 Å². The van der Waals surface area contributed by atoms with E-state index in [9.17, 15) is 53.4 Å². The number of carboxylic acids is 3. The fourth-order valence-corrected chi connectivity index (χ4v) is 9.46. The first-order chi connectivity index (χ1) is 45.3. The molecule has 0 bridgehead atoms. The molecular weight excluding hydrogens is 1310 g/mol. The molecule has 2 heterocycles. The van der Waals surface area contributed by atoms with Gasteiger partial charge in [-0.3, -0.25) is 33.6 Å². The van der Waals surface area contributed by atoms with E-state index >= 15 is 0 Å². The van der Waals surface area contributed by atoms with Crippen LogP contribution in [0.15, 0.2) is 212 Å². The van der Waals surface area contributed by atoms with Gasteiger partial charge in [0.1, 0.15) is 35.4 Å². The number of epoxide rings is 2. The minimum Gasteiger partial charge on any atom is -1.00 e. The number of Topliss-reactive ketones (excluding diaryl/α,β-unsaturated/α-hetero) is 2. The smallest absolute Gasteiger partial charge is 1.00 e. The number of carbonyl (C=O) groups excluding carboxylic acids is 6. The zero-order chi connectivity index (χ0) is 69.5. The van der Waals surface area contributed by atoms with Crippen molar-refractivity contribution >= 4 is 63.0 Å². The number of aliphatic carboxylic acids is 3. The van der Waals surface area contributed by atoms with Gasteiger partial charge in [-0.15, -0.1) is 0 Å². The fourth-order valence-electron chi connectivity index (χ4n) is 9.46. The van der Waals surface area contributed by atoms with Gasteiger partial charge < -0.3 is 59.0 Å². The third kappa shape index (κ3) is 33.5.